The summed E-state index contributed by atoms with van der Waals surface area (Å²) >= 11 is 11.9. The summed E-state index contributed by atoms with van der Waals surface area (Å²) < 4.78 is 37.6. The van der Waals surface area contributed by atoms with Gasteiger partial charge in [-0.3, -0.25) is 0 Å². The lowest BCUT2D eigenvalue weighted by molar-refractivity contribution is 0.0734. The van der Waals surface area contributed by atoms with Crippen LogP contribution in [-0.2, 0) is 10.0 Å². The second-order valence-corrected chi connectivity index (χ2v) is 8.61. The first kappa shape index (κ1) is 19.9. The Morgan fingerprint density at radius 3 is 2.44 bits per heavy atom. The van der Waals surface area contributed by atoms with Gasteiger partial charge in [0.15, 0.2) is 5.75 Å². The summed E-state index contributed by atoms with van der Waals surface area (Å²) in [4.78, 5) is 12.4. The van der Waals surface area contributed by atoms with Crippen molar-refractivity contribution in [1.29, 1.82) is 0 Å². The lowest BCUT2D eigenvalue weighted by Gasteiger charge is -2.18. The van der Waals surface area contributed by atoms with Gasteiger partial charge in [0.05, 0.1) is 17.7 Å². The third-order valence-electron chi connectivity index (χ3n) is 4.20. The largest absolute Gasteiger partial charge is 0.495 e. The predicted molar refractivity (Wildman–Crippen MR) is 102 cm³/mol. The molecule has 0 saturated carbocycles. The second-order valence-electron chi connectivity index (χ2n) is 5.92. The maximum absolute atomic E-state index is 12.9. The van der Waals surface area contributed by atoms with E-state index in [9.17, 15) is 13.2 Å². The van der Waals surface area contributed by atoms with Crippen molar-refractivity contribution in [3.63, 3.8) is 0 Å². The van der Waals surface area contributed by atoms with Crippen molar-refractivity contribution in [1.82, 2.24) is 4.31 Å². The van der Waals surface area contributed by atoms with Gasteiger partial charge in [0, 0.05) is 13.1 Å². The van der Waals surface area contributed by atoms with Crippen LogP contribution in [0.25, 0.3) is 0 Å². The van der Waals surface area contributed by atoms with Gasteiger partial charge < -0.3 is 9.47 Å². The lowest BCUT2D eigenvalue weighted by Crippen LogP contribution is -2.28. The smallest absolute Gasteiger partial charge is 0.343 e. The number of carbonyl (C=O) groups excluding carboxylic acids is 1. The summed E-state index contributed by atoms with van der Waals surface area (Å²) in [6.45, 7) is 0.885. The topological polar surface area (TPSA) is 72.9 Å². The molecule has 6 nitrogen and oxygen atoms in total. The summed E-state index contributed by atoms with van der Waals surface area (Å²) in [6, 6.07) is 8.77. The molecule has 27 heavy (non-hydrogen) atoms. The van der Waals surface area contributed by atoms with Gasteiger partial charge in [0.25, 0.3) is 0 Å². The first-order valence-electron chi connectivity index (χ1n) is 8.19. The molecular formula is C18H17Cl2NO5S. The minimum absolute atomic E-state index is 0.0598. The molecule has 0 atom stereocenters. The van der Waals surface area contributed by atoms with E-state index in [1.165, 1.54) is 35.7 Å². The highest BCUT2D eigenvalue weighted by Crippen LogP contribution is 2.33. The SMILES string of the molecule is COc1ccc(C(=O)Oc2cccc(Cl)c2Cl)cc1S(=O)(=O)N1CCCC1. The van der Waals surface area contributed by atoms with E-state index in [-0.39, 0.29) is 32.0 Å². The summed E-state index contributed by atoms with van der Waals surface area (Å²) in [5.74, 6) is -0.493. The highest BCUT2D eigenvalue weighted by Gasteiger charge is 2.31. The maximum atomic E-state index is 12.9. The van der Waals surface area contributed by atoms with E-state index in [0.717, 1.165) is 12.8 Å². The molecule has 0 aromatic heterocycles. The summed E-state index contributed by atoms with van der Waals surface area (Å²) in [7, 11) is -2.39. The van der Waals surface area contributed by atoms with E-state index in [0.29, 0.717) is 13.1 Å². The highest BCUT2D eigenvalue weighted by atomic mass is 35.5. The molecule has 1 heterocycles. The monoisotopic (exact) mass is 429 g/mol. The van der Waals surface area contributed by atoms with E-state index >= 15 is 0 Å². The van der Waals surface area contributed by atoms with Gasteiger partial charge in [0.2, 0.25) is 10.0 Å². The average Bonchev–Trinajstić information content (AvgIpc) is 3.20. The van der Waals surface area contributed by atoms with E-state index in [4.69, 9.17) is 32.7 Å². The second kappa shape index (κ2) is 8.06. The highest BCUT2D eigenvalue weighted by molar-refractivity contribution is 7.89. The Bertz CT molecular complexity index is 972. The van der Waals surface area contributed by atoms with E-state index in [2.05, 4.69) is 0 Å². The average molecular weight is 430 g/mol. The minimum Gasteiger partial charge on any atom is -0.495 e. The van der Waals surface area contributed by atoms with Crippen LogP contribution in [0.1, 0.15) is 23.2 Å². The Balaban J connectivity index is 1.95. The lowest BCUT2D eigenvalue weighted by atomic mass is 10.2. The molecule has 144 valence electrons. The van der Waals surface area contributed by atoms with E-state index < -0.39 is 16.0 Å². The first-order valence-corrected chi connectivity index (χ1v) is 10.4. The van der Waals surface area contributed by atoms with Gasteiger partial charge in [0.1, 0.15) is 15.7 Å². The molecule has 0 amide bonds. The zero-order valence-electron chi connectivity index (χ0n) is 14.4. The van der Waals surface area contributed by atoms with Crippen LogP contribution in [0.4, 0.5) is 0 Å². The number of hydrogen-bond acceptors (Lipinski definition) is 5. The number of carbonyl (C=O) groups is 1. The molecular weight excluding hydrogens is 413 g/mol. The van der Waals surface area contributed by atoms with E-state index in [1.807, 2.05) is 0 Å². The molecule has 9 heteroatoms. The van der Waals surface area contributed by atoms with Crippen LogP contribution in [0.2, 0.25) is 10.0 Å². The normalized spacial score (nSPS) is 14.9. The van der Waals surface area contributed by atoms with Crippen molar-refractivity contribution in [2.75, 3.05) is 20.2 Å². The molecule has 0 N–H and O–H groups in total. The molecule has 0 unspecified atom stereocenters. The molecule has 0 radical (unpaired) electrons. The zero-order chi connectivity index (χ0) is 19.6. The van der Waals surface area contributed by atoms with Crippen LogP contribution in [0, 0.1) is 0 Å². The van der Waals surface area contributed by atoms with Gasteiger partial charge in [-0.2, -0.15) is 4.31 Å². The minimum atomic E-state index is -3.77. The summed E-state index contributed by atoms with van der Waals surface area (Å²) in [6.07, 6.45) is 1.60. The summed E-state index contributed by atoms with van der Waals surface area (Å²) in [5.41, 5.74) is 0.0598. The number of rotatable bonds is 5. The zero-order valence-corrected chi connectivity index (χ0v) is 16.8. The number of esters is 1. The third kappa shape index (κ3) is 4.06. The fraction of sp³-hybridized carbons (Fsp3) is 0.278. The molecule has 1 fully saturated rings. The number of sulfonamides is 1. The van der Waals surface area contributed by atoms with Crippen molar-refractivity contribution in [3.8, 4) is 11.5 Å². The standard InChI is InChI=1S/C18H17Cl2NO5S/c1-25-14-8-7-12(11-16(14)27(23,24)21-9-2-3-10-21)18(22)26-15-6-4-5-13(19)17(15)20/h4-8,11H,2-3,9-10H2,1H3. The van der Waals surface area contributed by atoms with E-state index in [1.54, 1.807) is 12.1 Å². The Morgan fingerprint density at radius 2 is 1.78 bits per heavy atom. The van der Waals surface area contributed by atoms with Crippen molar-refractivity contribution >= 4 is 39.2 Å². The molecule has 2 aromatic carbocycles. The molecule has 1 saturated heterocycles. The molecule has 0 spiro atoms. The van der Waals surface area contributed by atoms with Crippen molar-refractivity contribution < 1.29 is 22.7 Å². The van der Waals surface area contributed by atoms with Crippen molar-refractivity contribution in [2.45, 2.75) is 17.7 Å². The summed E-state index contributed by atoms with van der Waals surface area (Å²) in [5, 5.41) is 0.347. The van der Waals surface area contributed by atoms with Gasteiger partial charge in [-0.1, -0.05) is 29.3 Å². The Kier molecular flexibility index (Phi) is 5.95. The fourth-order valence-electron chi connectivity index (χ4n) is 2.79. The van der Waals surface area contributed by atoms with Crippen LogP contribution in [0.5, 0.6) is 11.5 Å². The third-order valence-corrected chi connectivity index (χ3v) is 6.92. The first-order chi connectivity index (χ1) is 12.8. The van der Waals surface area contributed by atoms with Crippen LogP contribution in [-0.4, -0.2) is 38.9 Å². The number of halogens is 2. The molecule has 0 bridgehead atoms. The molecule has 1 aliphatic heterocycles. The van der Waals surface area contributed by atoms with Crippen molar-refractivity contribution in [2.24, 2.45) is 0 Å². The van der Waals surface area contributed by atoms with Crippen LogP contribution < -0.4 is 9.47 Å². The van der Waals surface area contributed by atoms with Gasteiger partial charge >= 0.3 is 5.97 Å². The fourth-order valence-corrected chi connectivity index (χ4v) is 4.82. The number of nitrogens with zero attached hydrogens (tertiary/aromatic N) is 1. The molecule has 1 aliphatic rings. The van der Waals surface area contributed by atoms with Crippen LogP contribution in [0.3, 0.4) is 0 Å². The Hall–Kier alpha value is -1.80. The van der Waals surface area contributed by atoms with Crippen LogP contribution in [0.15, 0.2) is 41.3 Å². The Morgan fingerprint density at radius 1 is 1.07 bits per heavy atom. The van der Waals surface area contributed by atoms with Crippen LogP contribution >= 0.6 is 23.2 Å². The molecule has 3 rings (SSSR count). The number of hydrogen-bond donors (Lipinski definition) is 0. The maximum Gasteiger partial charge on any atom is 0.343 e. The predicted octanol–water partition coefficient (Wildman–Crippen LogP) is 4.01. The molecule has 2 aromatic rings. The number of ether oxygens (including phenoxy) is 2. The van der Waals surface area contributed by atoms with Gasteiger partial charge in [-0.15, -0.1) is 0 Å². The quantitative estimate of drug-likeness (QED) is 0.530. The number of methoxy groups -OCH3 is 1. The van der Waals surface area contributed by atoms with Gasteiger partial charge in [-0.05, 0) is 43.2 Å². The van der Waals surface area contributed by atoms with Gasteiger partial charge in [-0.25, -0.2) is 13.2 Å². The van der Waals surface area contributed by atoms with Crippen molar-refractivity contribution in [3.05, 3.63) is 52.0 Å². The Labute approximate surface area is 167 Å². The number of benzene rings is 2. The molecule has 0 aliphatic carbocycles.